The Labute approximate surface area is 134 Å². The van der Waals surface area contributed by atoms with Crippen molar-refractivity contribution in [3.63, 3.8) is 0 Å². The van der Waals surface area contributed by atoms with Crippen LogP contribution in [0.5, 0.6) is 0 Å². The van der Waals surface area contributed by atoms with Crippen LogP contribution in [0.3, 0.4) is 0 Å². The lowest BCUT2D eigenvalue weighted by Gasteiger charge is -2.05. The summed E-state index contributed by atoms with van der Waals surface area (Å²) in [6.45, 7) is 0. The predicted molar refractivity (Wildman–Crippen MR) is 91.4 cm³/mol. The van der Waals surface area contributed by atoms with Gasteiger partial charge in [0, 0.05) is 35.9 Å². The van der Waals surface area contributed by atoms with Crippen molar-refractivity contribution in [2.45, 2.75) is 0 Å². The van der Waals surface area contributed by atoms with Crippen molar-refractivity contribution in [1.82, 2.24) is 14.8 Å². The van der Waals surface area contributed by atoms with Crippen LogP contribution in [-0.2, 0) is 7.05 Å². The fraction of sp³-hybridized carbons (Fsp3) is 0.0625. The van der Waals surface area contributed by atoms with E-state index in [9.17, 15) is 4.79 Å². The Hall–Kier alpha value is -2.31. The molecule has 0 fully saturated rings. The van der Waals surface area contributed by atoms with Crippen molar-refractivity contribution < 1.29 is 0 Å². The summed E-state index contributed by atoms with van der Waals surface area (Å²) in [6, 6.07) is 5.87. The summed E-state index contributed by atoms with van der Waals surface area (Å²) < 4.78 is 2.34. The molecule has 0 saturated heterocycles. The quantitative estimate of drug-likeness (QED) is 0.563. The number of hydrogen-bond donors (Lipinski definition) is 0. The Morgan fingerprint density at radius 2 is 1.91 bits per heavy atom. The molecule has 0 aromatic carbocycles. The standard InChI is InChI=1S/C16H11N3OS2/c1-19-16(20)13-12(11-4-7-21-8-11)9-22-15(13)14(18-19)10-2-5-17-6-3-10/h2-9H,1H3. The molecule has 108 valence electrons. The third-order valence-electron chi connectivity index (χ3n) is 3.55. The minimum Gasteiger partial charge on any atom is -0.267 e. The van der Waals surface area contributed by atoms with Crippen LogP contribution in [0.15, 0.2) is 51.5 Å². The molecule has 4 aromatic rings. The molecule has 0 atom stereocenters. The maximum Gasteiger partial charge on any atom is 0.275 e. The second-order valence-electron chi connectivity index (χ2n) is 4.88. The summed E-state index contributed by atoms with van der Waals surface area (Å²) in [5.41, 5.74) is 3.80. The van der Waals surface area contributed by atoms with E-state index in [0.717, 1.165) is 32.5 Å². The van der Waals surface area contributed by atoms with Crippen LogP contribution in [0.4, 0.5) is 0 Å². The summed E-state index contributed by atoms with van der Waals surface area (Å²) in [5.74, 6) is 0. The van der Waals surface area contributed by atoms with Gasteiger partial charge in [0.25, 0.3) is 5.56 Å². The predicted octanol–water partition coefficient (Wildman–Crippen LogP) is 3.79. The number of rotatable bonds is 2. The van der Waals surface area contributed by atoms with Gasteiger partial charge < -0.3 is 0 Å². The van der Waals surface area contributed by atoms with E-state index in [1.807, 2.05) is 29.0 Å². The zero-order valence-corrected chi connectivity index (χ0v) is 13.3. The fourth-order valence-electron chi connectivity index (χ4n) is 2.48. The fourth-order valence-corrected chi connectivity index (χ4v) is 4.21. The number of aryl methyl sites for hydroxylation is 1. The highest BCUT2D eigenvalue weighted by Gasteiger charge is 2.17. The van der Waals surface area contributed by atoms with Crippen molar-refractivity contribution in [2.24, 2.45) is 7.05 Å². The molecular weight excluding hydrogens is 314 g/mol. The van der Waals surface area contributed by atoms with Crippen LogP contribution in [0.25, 0.3) is 32.5 Å². The number of aromatic nitrogens is 3. The molecule has 22 heavy (non-hydrogen) atoms. The normalized spacial score (nSPS) is 11.1. The van der Waals surface area contributed by atoms with Gasteiger partial charge in [-0.2, -0.15) is 16.4 Å². The Kier molecular flexibility index (Phi) is 3.13. The van der Waals surface area contributed by atoms with E-state index in [1.165, 1.54) is 4.68 Å². The molecule has 0 N–H and O–H groups in total. The molecule has 0 aliphatic heterocycles. The third kappa shape index (κ3) is 2.00. The lowest BCUT2D eigenvalue weighted by Crippen LogP contribution is -2.20. The van der Waals surface area contributed by atoms with Gasteiger partial charge >= 0.3 is 0 Å². The molecule has 6 heteroatoms. The maximum absolute atomic E-state index is 12.6. The van der Waals surface area contributed by atoms with Gasteiger partial charge in [-0.3, -0.25) is 9.78 Å². The van der Waals surface area contributed by atoms with Gasteiger partial charge in [0.05, 0.1) is 10.1 Å². The zero-order chi connectivity index (χ0) is 15.1. The summed E-state index contributed by atoms with van der Waals surface area (Å²) in [5, 5.41) is 11.3. The molecule has 0 spiro atoms. The maximum atomic E-state index is 12.6. The smallest absolute Gasteiger partial charge is 0.267 e. The molecule has 0 aliphatic carbocycles. The van der Waals surface area contributed by atoms with Gasteiger partial charge in [-0.15, -0.1) is 11.3 Å². The third-order valence-corrected chi connectivity index (χ3v) is 5.22. The van der Waals surface area contributed by atoms with Gasteiger partial charge in [0.1, 0.15) is 5.69 Å². The van der Waals surface area contributed by atoms with Gasteiger partial charge in [0.2, 0.25) is 0 Å². The van der Waals surface area contributed by atoms with E-state index in [4.69, 9.17) is 0 Å². The lowest BCUT2D eigenvalue weighted by atomic mass is 10.1. The van der Waals surface area contributed by atoms with Crippen LogP contribution < -0.4 is 5.56 Å². The molecule has 0 aliphatic rings. The highest BCUT2D eigenvalue weighted by atomic mass is 32.1. The first-order valence-electron chi connectivity index (χ1n) is 6.67. The first kappa shape index (κ1) is 13.4. The molecule has 0 amide bonds. The van der Waals surface area contributed by atoms with Crippen molar-refractivity contribution in [1.29, 1.82) is 0 Å². The van der Waals surface area contributed by atoms with Gasteiger partial charge in [-0.1, -0.05) is 0 Å². The number of nitrogens with zero attached hydrogens (tertiary/aromatic N) is 3. The summed E-state index contributed by atoms with van der Waals surface area (Å²) in [6.07, 6.45) is 3.47. The molecule has 4 aromatic heterocycles. The van der Waals surface area contributed by atoms with Crippen LogP contribution in [0.1, 0.15) is 0 Å². The van der Waals surface area contributed by atoms with E-state index in [1.54, 1.807) is 42.1 Å². The molecule has 0 unspecified atom stereocenters. The molecule has 4 rings (SSSR count). The lowest BCUT2D eigenvalue weighted by molar-refractivity contribution is 0.723. The van der Waals surface area contributed by atoms with Gasteiger partial charge in [-0.05, 0) is 34.5 Å². The van der Waals surface area contributed by atoms with Crippen LogP contribution in [0.2, 0.25) is 0 Å². The second kappa shape index (κ2) is 5.15. The monoisotopic (exact) mass is 325 g/mol. The molecule has 0 saturated carbocycles. The molecule has 4 nitrogen and oxygen atoms in total. The summed E-state index contributed by atoms with van der Waals surface area (Å²) in [7, 11) is 1.70. The van der Waals surface area contributed by atoms with Crippen molar-refractivity contribution in [3.05, 3.63) is 57.1 Å². The number of thiophene rings is 2. The summed E-state index contributed by atoms with van der Waals surface area (Å²) >= 11 is 3.19. The Bertz CT molecular complexity index is 1000. The van der Waals surface area contributed by atoms with Crippen molar-refractivity contribution >= 4 is 32.8 Å². The highest BCUT2D eigenvalue weighted by Crippen LogP contribution is 2.37. The molecule has 4 heterocycles. The highest BCUT2D eigenvalue weighted by molar-refractivity contribution is 7.18. The minimum absolute atomic E-state index is 0.0599. The van der Waals surface area contributed by atoms with Gasteiger partial charge in [0.15, 0.2) is 0 Å². The van der Waals surface area contributed by atoms with E-state index < -0.39 is 0 Å². The average Bonchev–Trinajstić information content (AvgIpc) is 3.20. The number of hydrogen-bond acceptors (Lipinski definition) is 5. The first-order chi connectivity index (χ1) is 10.8. The van der Waals surface area contributed by atoms with Crippen molar-refractivity contribution in [3.8, 4) is 22.4 Å². The first-order valence-corrected chi connectivity index (χ1v) is 8.49. The second-order valence-corrected chi connectivity index (χ2v) is 6.54. The zero-order valence-electron chi connectivity index (χ0n) is 11.7. The average molecular weight is 325 g/mol. The number of pyridine rings is 1. The number of fused-ring (bicyclic) bond motifs is 1. The molecule has 0 radical (unpaired) electrons. The van der Waals surface area contributed by atoms with Crippen LogP contribution in [0, 0.1) is 0 Å². The Morgan fingerprint density at radius 3 is 2.64 bits per heavy atom. The Balaban J connectivity index is 2.10. The van der Waals surface area contributed by atoms with Crippen molar-refractivity contribution in [2.75, 3.05) is 0 Å². The van der Waals surface area contributed by atoms with E-state index in [2.05, 4.69) is 15.5 Å². The largest absolute Gasteiger partial charge is 0.275 e. The topological polar surface area (TPSA) is 47.8 Å². The Morgan fingerprint density at radius 1 is 1.09 bits per heavy atom. The van der Waals surface area contributed by atoms with Gasteiger partial charge in [-0.25, -0.2) is 4.68 Å². The van der Waals surface area contributed by atoms with E-state index in [0.29, 0.717) is 0 Å². The molecule has 0 bridgehead atoms. The van der Waals surface area contributed by atoms with Crippen LogP contribution >= 0.6 is 22.7 Å². The van der Waals surface area contributed by atoms with E-state index in [-0.39, 0.29) is 5.56 Å². The van der Waals surface area contributed by atoms with Crippen LogP contribution in [-0.4, -0.2) is 14.8 Å². The molecular formula is C16H11N3OS2. The van der Waals surface area contributed by atoms with E-state index >= 15 is 0 Å². The SMILES string of the molecule is Cn1nc(-c2ccncc2)c2scc(-c3ccsc3)c2c1=O. The summed E-state index contributed by atoms with van der Waals surface area (Å²) in [4.78, 5) is 16.6. The minimum atomic E-state index is -0.0599.